The second-order valence-corrected chi connectivity index (χ2v) is 16.0. The molecule has 7 rings (SSSR count). The molecule has 0 N–H and O–H groups in total. The topological polar surface area (TPSA) is 43.1 Å². The van der Waals surface area contributed by atoms with Gasteiger partial charge in [0.2, 0.25) is 5.69 Å². The Morgan fingerprint density at radius 3 is 2.04 bits per heavy atom. The summed E-state index contributed by atoms with van der Waals surface area (Å²) < 4.78 is 2.41. The lowest BCUT2D eigenvalue weighted by molar-refractivity contribution is -0.438. The number of para-hydroxylation sites is 1. The minimum atomic E-state index is -0.273. The molecule has 2 aromatic carbocycles. The van der Waals surface area contributed by atoms with Crippen molar-refractivity contribution in [1.82, 2.24) is 0 Å². The van der Waals surface area contributed by atoms with Crippen LogP contribution in [0.25, 0.3) is 0 Å². The van der Waals surface area contributed by atoms with Crippen LogP contribution in [0.3, 0.4) is 0 Å². The molecule has 3 nitrogen and oxygen atoms in total. The van der Waals surface area contributed by atoms with Gasteiger partial charge in [-0.2, -0.15) is 4.58 Å². The molecular weight excluding hydrogens is 562 g/mol. The summed E-state index contributed by atoms with van der Waals surface area (Å²) in [6.07, 6.45) is 20.9. The first-order valence-electron chi connectivity index (χ1n) is 18.4. The highest BCUT2D eigenvalue weighted by molar-refractivity contribution is 6.24. The van der Waals surface area contributed by atoms with Crippen molar-refractivity contribution in [2.45, 2.75) is 128 Å². The van der Waals surface area contributed by atoms with Crippen LogP contribution in [0.4, 0.5) is 5.69 Å². The molecule has 3 heteroatoms. The molecule has 0 radical (unpaired) electrons. The quantitative estimate of drug-likeness (QED) is 0.197. The van der Waals surface area contributed by atoms with E-state index in [1.165, 1.54) is 98.6 Å². The van der Waals surface area contributed by atoms with E-state index in [1.807, 2.05) is 12.2 Å². The second kappa shape index (κ2) is 12.4. The maximum atomic E-state index is 13.9. The standard InChI is InChI=1S/C43H53NO2/c1-42(2)35-23-10-9-21-31(35)32(22-13-19-29-15-5-6-16-29)37(42)27-33-40(45)34(41(33)46)28-39-43(3,4)36-24-11-12-25-38(36)44(39)26-14-20-30-17-7-8-18-30/h9-12,21,23-25,27-30,32H,5-8,13-20,22,26H2,1-4H3/b37-27+. The zero-order chi connectivity index (χ0) is 32.1. The third kappa shape index (κ3) is 5.46. The number of ketones is 1. The lowest BCUT2D eigenvalue weighted by Crippen LogP contribution is -2.34. The van der Waals surface area contributed by atoms with E-state index in [4.69, 9.17) is 0 Å². The van der Waals surface area contributed by atoms with E-state index in [9.17, 15) is 9.90 Å². The van der Waals surface area contributed by atoms with E-state index in [-0.39, 0.29) is 28.3 Å². The van der Waals surface area contributed by atoms with E-state index in [2.05, 4.69) is 80.8 Å². The van der Waals surface area contributed by atoms with Gasteiger partial charge in [-0.25, -0.2) is 0 Å². The van der Waals surface area contributed by atoms with Crippen molar-refractivity contribution >= 4 is 17.2 Å². The summed E-state index contributed by atoms with van der Waals surface area (Å²) in [4.78, 5) is 13.9. The third-order valence-electron chi connectivity index (χ3n) is 12.5. The largest absolute Gasteiger partial charge is 0.871 e. The van der Waals surface area contributed by atoms with Crippen LogP contribution in [-0.2, 0) is 15.6 Å². The van der Waals surface area contributed by atoms with Crippen molar-refractivity contribution in [3.05, 3.63) is 99.9 Å². The van der Waals surface area contributed by atoms with Gasteiger partial charge >= 0.3 is 0 Å². The number of hydrogen-bond acceptors (Lipinski definition) is 2. The number of Topliss-reactive ketones (excluding diaryl/α,β-unsaturated/α-hetero) is 1. The SMILES string of the molecule is CC1(C)C(/C=C2/C(=O)C(/C=C3\C(CCCC4CCCC4)c4ccccc4C3(C)C)=C2[O-])=[N+](CCCC2CCCC2)c2ccccc21. The first kappa shape index (κ1) is 31.4. The predicted octanol–water partition coefficient (Wildman–Crippen LogP) is 9.52. The maximum absolute atomic E-state index is 13.9. The highest BCUT2D eigenvalue weighted by Crippen LogP contribution is 2.53. The molecule has 1 unspecified atom stereocenters. The molecule has 1 atom stereocenters. The van der Waals surface area contributed by atoms with Crippen LogP contribution in [0.15, 0.2) is 83.2 Å². The number of rotatable bonds is 10. The smallest absolute Gasteiger partial charge is 0.209 e. The van der Waals surface area contributed by atoms with Crippen molar-refractivity contribution in [3.63, 3.8) is 0 Å². The summed E-state index contributed by atoms with van der Waals surface area (Å²) in [6.45, 7) is 9.95. The van der Waals surface area contributed by atoms with E-state index < -0.39 is 0 Å². The molecule has 2 aromatic rings. The summed E-state index contributed by atoms with van der Waals surface area (Å²) in [5.74, 6) is 1.82. The van der Waals surface area contributed by atoms with Gasteiger partial charge in [0, 0.05) is 46.6 Å². The molecule has 4 aliphatic carbocycles. The van der Waals surface area contributed by atoms with Crippen LogP contribution in [0.1, 0.15) is 134 Å². The summed E-state index contributed by atoms with van der Waals surface area (Å²) in [7, 11) is 0. The van der Waals surface area contributed by atoms with E-state index in [0.29, 0.717) is 11.1 Å². The van der Waals surface area contributed by atoms with Gasteiger partial charge in [0.15, 0.2) is 11.5 Å². The number of fused-ring (bicyclic) bond motifs is 2. The zero-order valence-electron chi connectivity index (χ0n) is 28.7. The molecule has 242 valence electrons. The van der Waals surface area contributed by atoms with Crippen LogP contribution in [0.2, 0.25) is 0 Å². The van der Waals surface area contributed by atoms with Gasteiger partial charge in [-0.3, -0.25) is 4.79 Å². The van der Waals surface area contributed by atoms with Crippen LogP contribution >= 0.6 is 0 Å². The van der Waals surface area contributed by atoms with Crippen LogP contribution in [0.5, 0.6) is 0 Å². The Morgan fingerprint density at radius 2 is 1.37 bits per heavy atom. The van der Waals surface area contributed by atoms with Crippen LogP contribution in [-0.4, -0.2) is 22.6 Å². The molecule has 0 spiro atoms. The summed E-state index contributed by atoms with van der Waals surface area (Å²) in [5, 5.41) is 13.9. The van der Waals surface area contributed by atoms with Gasteiger partial charge < -0.3 is 5.11 Å². The Labute approximate surface area is 277 Å². The van der Waals surface area contributed by atoms with Gasteiger partial charge in [0.05, 0.1) is 5.41 Å². The maximum Gasteiger partial charge on any atom is 0.209 e. The molecule has 0 bridgehead atoms. The summed E-state index contributed by atoms with van der Waals surface area (Å²) >= 11 is 0. The van der Waals surface area contributed by atoms with Gasteiger partial charge in [0.1, 0.15) is 6.54 Å². The first-order chi connectivity index (χ1) is 22.2. The molecule has 1 aliphatic heterocycles. The molecule has 2 saturated carbocycles. The second-order valence-electron chi connectivity index (χ2n) is 16.0. The zero-order valence-corrected chi connectivity index (χ0v) is 28.7. The predicted molar refractivity (Wildman–Crippen MR) is 187 cm³/mol. The number of nitrogens with zero attached hydrogens (tertiary/aromatic N) is 1. The molecule has 5 aliphatic rings. The Hall–Kier alpha value is -3.20. The van der Waals surface area contributed by atoms with E-state index in [1.54, 1.807) is 0 Å². The number of carbonyl (C=O) groups excluding carboxylic acids is 1. The molecule has 46 heavy (non-hydrogen) atoms. The Morgan fingerprint density at radius 1 is 0.761 bits per heavy atom. The number of benzene rings is 2. The van der Waals surface area contributed by atoms with Gasteiger partial charge in [-0.15, -0.1) is 0 Å². The first-order valence-corrected chi connectivity index (χ1v) is 18.4. The molecular formula is C43H53NO2. The Kier molecular flexibility index (Phi) is 8.49. The average molecular weight is 616 g/mol. The number of allylic oxidation sites excluding steroid dienone is 5. The third-order valence-corrected chi connectivity index (χ3v) is 12.5. The fourth-order valence-electron chi connectivity index (χ4n) is 9.80. The summed E-state index contributed by atoms with van der Waals surface area (Å²) in [5.41, 5.74) is 7.81. The van der Waals surface area contributed by atoms with Gasteiger partial charge in [-0.1, -0.05) is 138 Å². The number of carbonyl (C=O) groups is 1. The number of hydrogen-bond donors (Lipinski definition) is 0. The molecule has 0 aromatic heterocycles. The highest BCUT2D eigenvalue weighted by Gasteiger charge is 2.46. The van der Waals surface area contributed by atoms with Crippen LogP contribution < -0.4 is 5.11 Å². The fourth-order valence-corrected chi connectivity index (χ4v) is 9.80. The van der Waals surface area contributed by atoms with Crippen molar-refractivity contribution in [3.8, 4) is 0 Å². The van der Waals surface area contributed by atoms with Gasteiger partial charge in [0.25, 0.3) is 0 Å². The molecule has 0 amide bonds. The minimum Gasteiger partial charge on any atom is -0.871 e. The van der Waals surface area contributed by atoms with Crippen molar-refractivity contribution < 1.29 is 14.5 Å². The van der Waals surface area contributed by atoms with E-state index in [0.717, 1.165) is 36.9 Å². The van der Waals surface area contributed by atoms with E-state index >= 15 is 0 Å². The highest BCUT2D eigenvalue weighted by atomic mass is 16.3. The Bertz CT molecular complexity index is 1630. The normalized spacial score (nSPS) is 25.7. The molecule has 1 heterocycles. The van der Waals surface area contributed by atoms with Crippen molar-refractivity contribution in [2.75, 3.05) is 6.54 Å². The van der Waals surface area contributed by atoms with Crippen molar-refractivity contribution in [1.29, 1.82) is 0 Å². The molecule has 0 saturated heterocycles. The fraction of sp³-hybridized carbons (Fsp3) is 0.535. The van der Waals surface area contributed by atoms with Crippen LogP contribution in [0, 0.1) is 11.8 Å². The average Bonchev–Trinajstić information content (AvgIpc) is 3.84. The summed E-state index contributed by atoms with van der Waals surface area (Å²) in [6, 6.07) is 17.4. The minimum absolute atomic E-state index is 0.0841. The lowest BCUT2D eigenvalue weighted by atomic mass is 9.75. The monoisotopic (exact) mass is 615 g/mol. The lowest BCUT2D eigenvalue weighted by Gasteiger charge is -2.32. The Balaban J connectivity index is 1.20. The van der Waals surface area contributed by atoms with Crippen molar-refractivity contribution in [2.24, 2.45) is 11.8 Å². The van der Waals surface area contributed by atoms with Gasteiger partial charge in [-0.05, 0) is 49.7 Å². The molecule has 2 fully saturated rings.